The number of allylic oxidation sites excluding steroid dienone is 2. The van der Waals surface area contributed by atoms with Crippen LogP contribution in [0.25, 0.3) is 0 Å². The molecule has 2 aliphatic carbocycles. The number of ether oxygens (including phenoxy) is 1. The van der Waals surface area contributed by atoms with Gasteiger partial charge in [-0.2, -0.15) is 15.2 Å². The fourth-order valence-corrected chi connectivity index (χ4v) is 10.4. The Morgan fingerprint density at radius 2 is 1.50 bits per heavy atom. The van der Waals surface area contributed by atoms with Gasteiger partial charge in [-0.1, -0.05) is 35.4 Å². The summed E-state index contributed by atoms with van der Waals surface area (Å²) in [5.41, 5.74) is 5.97. The second-order valence-electron chi connectivity index (χ2n) is 16.1. The van der Waals surface area contributed by atoms with Gasteiger partial charge in [0.25, 0.3) is 11.8 Å². The number of azo groups is 1. The third-order valence-corrected chi connectivity index (χ3v) is 13.5. The molecule has 0 bridgehead atoms. The monoisotopic (exact) mass is 916 g/mol. The minimum Gasteiger partial charge on any atom is -0.503 e. The topological polar surface area (TPSA) is 144 Å². The summed E-state index contributed by atoms with van der Waals surface area (Å²) in [5, 5.41) is 21.0. The van der Waals surface area contributed by atoms with Crippen LogP contribution in [0, 0.1) is 29.5 Å². The van der Waals surface area contributed by atoms with Crippen LogP contribution in [-0.4, -0.2) is 54.9 Å². The minimum atomic E-state index is -1.62. The number of rotatable bonds is 9. The molecule has 6 atom stereocenters. The molecular formula is C47H39BrClFN6O6. The van der Waals surface area contributed by atoms with Crippen LogP contribution < -0.4 is 20.0 Å². The van der Waals surface area contributed by atoms with Gasteiger partial charge in [-0.15, -0.1) is 0 Å². The van der Waals surface area contributed by atoms with Crippen LogP contribution in [0.5, 0.6) is 11.5 Å². The van der Waals surface area contributed by atoms with Crippen LogP contribution in [0.15, 0.2) is 136 Å². The van der Waals surface area contributed by atoms with Crippen molar-refractivity contribution in [3.05, 3.63) is 147 Å². The first kappa shape index (κ1) is 41.0. The lowest BCUT2D eigenvalue weighted by molar-refractivity contribution is -0.138. The fraction of sp³-hybridized carbons (Fsp3) is 0.234. The quantitative estimate of drug-likeness (QED) is 0.0846. The van der Waals surface area contributed by atoms with E-state index >= 15 is 4.79 Å². The molecule has 4 aliphatic rings. The van der Waals surface area contributed by atoms with E-state index in [1.165, 1.54) is 36.3 Å². The molecule has 2 heterocycles. The standard InChI is InChI=1S/C47H39BrClFN6O6/c1-54(2)32-16-12-29(13-17-32)51-52-30-14-18-33(19-15-30)55-43(58)35-21-20-34-36(40(35)45(55)60)24-37-44(59)56(53-31-10-8-28(50)9-11-31)46(61)47(37,26-4-6-27(49)7-5-26)41(34)25-22-38(48)42(57)39(23-25)62-3/h4-20,22-23,35-37,40-41,53,57H,21,24H2,1-3H3. The first-order chi connectivity index (χ1) is 29.8. The van der Waals surface area contributed by atoms with E-state index in [1.807, 2.05) is 49.3 Å². The number of carbonyl (C=O) groups is 4. The van der Waals surface area contributed by atoms with Gasteiger partial charge < -0.3 is 14.7 Å². The summed E-state index contributed by atoms with van der Waals surface area (Å²) in [5.74, 6) is -6.65. The molecule has 314 valence electrons. The molecule has 2 aliphatic heterocycles. The number of phenolic OH excluding ortho intramolecular Hbond substituents is 1. The Hall–Kier alpha value is -6.38. The number of nitrogens with zero attached hydrogens (tertiary/aromatic N) is 5. The number of hydrogen-bond donors (Lipinski definition) is 2. The Bertz CT molecular complexity index is 2700. The van der Waals surface area contributed by atoms with E-state index in [9.17, 15) is 23.9 Å². The van der Waals surface area contributed by atoms with E-state index in [4.69, 9.17) is 16.3 Å². The van der Waals surface area contributed by atoms with Gasteiger partial charge >= 0.3 is 0 Å². The summed E-state index contributed by atoms with van der Waals surface area (Å²) in [6, 6.07) is 29.7. The number of aromatic hydroxyl groups is 1. The van der Waals surface area contributed by atoms with E-state index in [0.717, 1.165) is 10.7 Å². The molecule has 4 amide bonds. The molecule has 6 unspecified atom stereocenters. The number of hydrazine groups is 1. The molecule has 2 N–H and O–H groups in total. The zero-order chi connectivity index (χ0) is 43.6. The first-order valence-corrected chi connectivity index (χ1v) is 21.1. The average Bonchev–Trinajstić information content (AvgIpc) is 3.65. The van der Waals surface area contributed by atoms with Gasteiger partial charge in [0.2, 0.25) is 11.8 Å². The summed E-state index contributed by atoms with van der Waals surface area (Å²) in [6.45, 7) is 0. The molecule has 62 heavy (non-hydrogen) atoms. The highest BCUT2D eigenvalue weighted by molar-refractivity contribution is 9.10. The van der Waals surface area contributed by atoms with Crippen LogP contribution in [0.2, 0.25) is 5.02 Å². The predicted octanol–water partition coefficient (Wildman–Crippen LogP) is 9.63. The predicted molar refractivity (Wildman–Crippen MR) is 235 cm³/mol. The highest BCUT2D eigenvalue weighted by Crippen LogP contribution is 2.65. The lowest BCUT2D eigenvalue weighted by Crippen LogP contribution is -2.53. The van der Waals surface area contributed by atoms with Crippen molar-refractivity contribution in [2.24, 2.45) is 33.9 Å². The molecule has 0 aromatic heterocycles. The third-order valence-electron chi connectivity index (χ3n) is 12.6. The molecule has 1 saturated carbocycles. The normalized spacial score (nSPS) is 24.2. The smallest absolute Gasteiger partial charge is 0.260 e. The number of halogens is 3. The highest BCUT2D eigenvalue weighted by Gasteiger charge is 2.70. The number of amides is 4. The number of anilines is 3. The molecule has 9 rings (SSSR count). The molecule has 5 aromatic carbocycles. The number of hydrogen-bond acceptors (Lipinski definition) is 10. The van der Waals surface area contributed by atoms with Gasteiger partial charge in [0.1, 0.15) is 5.82 Å². The van der Waals surface area contributed by atoms with Crippen molar-refractivity contribution in [2.45, 2.75) is 24.2 Å². The molecule has 3 fully saturated rings. The molecular weight excluding hydrogens is 879 g/mol. The van der Waals surface area contributed by atoms with Gasteiger partial charge in [0, 0.05) is 30.7 Å². The van der Waals surface area contributed by atoms with Crippen molar-refractivity contribution in [3.63, 3.8) is 0 Å². The summed E-state index contributed by atoms with van der Waals surface area (Å²) in [4.78, 5) is 62.8. The van der Waals surface area contributed by atoms with Crippen LogP contribution >= 0.6 is 27.5 Å². The number of methoxy groups -OCH3 is 1. The largest absolute Gasteiger partial charge is 0.503 e. The third kappa shape index (κ3) is 6.63. The van der Waals surface area contributed by atoms with Crippen molar-refractivity contribution >= 4 is 79.6 Å². The number of nitrogens with one attached hydrogen (secondary N) is 1. The lowest BCUT2D eigenvalue weighted by atomic mass is 9.49. The van der Waals surface area contributed by atoms with Gasteiger partial charge in [-0.05, 0) is 143 Å². The number of phenols is 1. The van der Waals surface area contributed by atoms with E-state index in [1.54, 1.807) is 60.7 Å². The number of imide groups is 2. The molecule has 0 spiro atoms. The van der Waals surface area contributed by atoms with E-state index in [2.05, 4.69) is 31.6 Å². The van der Waals surface area contributed by atoms with Crippen molar-refractivity contribution < 1.29 is 33.4 Å². The number of benzene rings is 5. The van der Waals surface area contributed by atoms with Crippen LogP contribution in [0.1, 0.15) is 29.9 Å². The van der Waals surface area contributed by atoms with Crippen LogP contribution in [-0.2, 0) is 24.6 Å². The Labute approximate surface area is 369 Å². The van der Waals surface area contributed by atoms with Gasteiger partial charge in [-0.3, -0.25) is 29.5 Å². The van der Waals surface area contributed by atoms with Crippen molar-refractivity contribution in [1.82, 2.24) is 5.01 Å². The average molecular weight is 918 g/mol. The number of fused-ring (bicyclic) bond motifs is 4. The van der Waals surface area contributed by atoms with Gasteiger partial charge in [-0.25, -0.2) is 4.39 Å². The molecule has 12 nitrogen and oxygen atoms in total. The first-order valence-electron chi connectivity index (χ1n) is 19.9. The second kappa shape index (κ2) is 15.8. The van der Waals surface area contributed by atoms with E-state index in [-0.39, 0.29) is 34.7 Å². The maximum atomic E-state index is 15.4. The van der Waals surface area contributed by atoms with Crippen LogP contribution in [0.4, 0.5) is 32.8 Å². The van der Waals surface area contributed by atoms with Gasteiger partial charge in [0.15, 0.2) is 11.5 Å². The second-order valence-corrected chi connectivity index (χ2v) is 17.4. The lowest BCUT2D eigenvalue weighted by Gasteiger charge is -2.50. The molecule has 2 saturated heterocycles. The highest BCUT2D eigenvalue weighted by atomic mass is 79.9. The Kier molecular flexibility index (Phi) is 10.5. The molecule has 15 heteroatoms. The van der Waals surface area contributed by atoms with Crippen molar-refractivity contribution in [2.75, 3.05) is 36.4 Å². The summed E-state index contributed by atoms with van der Waals surface area (Å²) < 4.78 is 19.9. The Morgan fingerprint density at radius 3 is 2.13 bits per heavy atom. The minimum absolute atomic E-state index is 0.0520. The SMILES string of the molecule is COc1cc(C2C3=CCC4C(=O)N(c5ccc(N=Nc6ccc(N(C)C)cc6)cc5)C(=O)C4C3CC3C(=O)N(Nc4ccc(F)cc4)C(=O)C32c2ccc(Cl)cc2)cc(Br)c1O. The van der Waals surface area contributed by atoms with E-state index < -0.39 is 58.5 Å². The Balaban J connectivity index is 1.12. The maximum absolute atomic E-state index is 15.4. The summed E-state index contributed by atoms with van der Waals surface area (Å²) in [6.07, 6.45) is 2.19. The van der Waals surface area contributed by atoms with E-state index in [0.29, 0.717) is 44.5 Å². The van der Waals surface area contributed by atoms with Crippen molar-refractivity contribution in [3.8, 4) is 11.5 Å². The maximum Gasteiger partial charge on any atom is 0.260 e. The van der Waals surface area contributed by atoms with Crippen LogP contribution in [0.3, 0.4) is 0 Å². The van der Waals surface area contributed by atoms with Crippen molar-refractivity contribution in [1.29, 1.82) is 0 Å². The summed E-state index contributed by atoms with van der Waals surface area (Å²) >= 11 is 9.89. The molecule has 5 aromatic rings. The number of carbonyl (C=O) groups excluding carboxylic acids is 4. The fourth-order valence-electron chi connectivity index (χ4n) is 9.80. The zero-order valence-corrected chi connectivity index (χ0v) is 36.0. The van der Waals surface area contributed by atoms with Gasteiger partial charge in [0.05, 0.1) is 57.5 Å². The molecule has 0 radical (unpaired) electrons. The summed E-state index contributed by atoms with van der Waals surface area (Å²) in [7, 11) is 5.32. The zero-order valence-electron chi connectivity index (χ0n) is 33.6. The Morgan fingerprint density at radius 1 is 0.855 bits per heavy atom.